The van der Waals surface area contributed by atoms with Gasteiger partial charge in [-0.15, -0.1) is 0 Å². The molecule has 0 saturated carbocycles. The van der Waals surface area contributed by atoms with Gasteiger partial charge >= 0.3 is 158 Å². The van der Waals surface area contributed by atoms with Gasteiger partial charge in [0.1, 0.15) is 0 Å². The van der Waals surface area contributed by atoms with Crippen molar-refractivity contribution in [2.75, 3.05) is 0 Å². The van der Waals surface area contributed by atoms with Gasteiger partial charge in [0.05, 0.1) is 0 Å². The van der Waals surface area contributed by atoms with E-state index in [4.69, 9.17) is 4.49 Å². The zero-order chi connectivity index (χ0) is 17.6. The summed E-state index contributed by atoms with van der Waals surface area (Å²) in [5, 5.41) is 0. The molecule has 0 atom stereocenters. The van der Waals surface area contributed by atoms with Gasteiger partial charge in [-0.3, -0.25) is 0 Å². The summed E-state index contributed by atoms with van der Waals surface area (Å²) in [4.78, 5) is 11.8. The molecule has 0 aromatic rings. The Hall–Kier alpha value is 1.03. The number of hydrogen-bond donors (Lipinski definition) is 0. The van der Waals surface area contributed by atoms with Gasteiger partial charge in [-0.05, 0) is 0 Å². The third-order valence-corrected chi connectivity index (χ3v) is 32.1. The van der Waals surface area contributed by atoms with Gasteiger partial charge in [0, 0.05) is 0 Å². The maximum atomic E-state index is 11.8. The standard InChI is InChI=1S/4C4H9.C2H4O2.O.2Sn/c4*1-3-4-2;1-2(3)4;;;/h4*1,3-4H2,2H3;1H3,(H,3,4);;;/q;;;;;;;+1/p-1. The van der Waals surface area contributed by atoms with Crippen LogP contribution in [-0.4, -0.2) is 45.3 Å². The summed E-state index contributed by atoms with van der Waals surface area (Å²) < 4.78 is 17.7. The molecule has 0 aliphatic heterocycles. The average Bonchev–Trinajstić information content (AvgIpc) is 2.52. The second kappa shape index (κ2) is 15.3. The number of hydrogen-bond acceptors (Lipinski definition) is 3. The van der Waals surface area contributed by atoms with Crippen molar-refractivity contribution >= 4 is 45.3 Å². The molecule has 0 aromatic carbocycles. The van der Waals surface area contributed by atoms with Crippen molar-refractivity contribution in [1.29, 1.82) is 0 Å². The first-order chi connectivity index (χ1) is 11.0. The monoisotopic (exact) mass is 543 g/mol. The van der Waals surface area contributed by atoms with Crippen molar-refractivity contribution in [2.45, 2.75) is 104 Å². The molecular weight excluding hydrogens is 502 g/mol. The Morgan fingerprint density at radius 3 is 1.61 bits per heavy atom. The first kappa shape index (κ1) is 24.0. The van der Waals surface area contributed by atoms with Gasteiger partial charge in [0.25, 0.3) is 0 Å². The van der Waals surface area contributed by atoms with Gasteiger partial charge in [-0.1, -0.05) is 0 Å². The molecule has 1 radical (unpaired) electrons. The predicted octanol–water partition coefficient (Wildman–Crippen LogP) is 6.20. The van der Waals surface area contributed by atoms with Crippen LogP contribution in [0, 0.1) is 0 Å². The van der Waals surface area contributed by atoms with Crippen LogP contribution in [0.5, 0.6) is 0 Å². The fraction of sp³-hybridized carbons (Fsp3) is 0.944. The van der Waals surface area contributed by atoms with Crippen LogP contribution in [0.1, 0.15) is 86.0 Å². The van der Waals surface area contributed by atoms with E-state index in [1.54, 1.807) is 6.92 Å². The number of carbonyl (C=O) groups excluding carboxylic acids is 1. The Bertz CT molecular complexity index is 282. The van der Waals surface area contributed by atoms with Gasteiger partial charge in [-0.2, -0.15) is 0 Å². The van der Waals surface area contributed by atoms with E-state index in [0.717, 1.165) is 34.6 Å². The molecule has 0 heterocycles. The Morgan fingerprint density at radius 1 is 0.826 bits per heavy atom. The van der Waals surface area contributed by atoms with E-state index in [9.17, 15) is 4.79 Å². The fourth-order valence-corrected chi connectivity index (χ4v) is 37.1. The molecule has 0 fully saturated rings. The summed E-state index contributed by atoms with van der Waals surface area (Å²) in [7, 11) is 0. The van der Waals surface area contributed by atoms with Crippen molar-refractivity contribution in [3.8, 4) is 0 Å². The van der Waals surface area contributed by atoms with E-state index in [1.807, 2.05) is 0 Å². The summed E-state index contributed by atoms with van der Waals surface area (Å²) in [6, 6.07) is 0. The van der Waals surface area contributed by atoms with Crippen LogP contribution in [0.2, 0.25) is 17.7 Å². The third-order valence-electron chi connectivity index (χ3n) is 4.10. The number of carbonyl (C=O) groups is 1. The minimum absolute atomic E-state index is 0.0956. The average molecular weight is 541 g/mol. The molecule has 0 bridgehead atoms. The molecule has 0 aliphatic carbocycles. The Labute approximate surface area is 157 Å². The van der Waals surface area contributed by atoms with E-state index in [2.05, 4.69) is 27.7 Å². The van der Waals surface area contributed by atoms with Crippen LogP contribution in [0.25, 0.3) is 0 Å². The van der Waals surface area contributed by atoms with Gasteiger partial charge in [0.15, 0.2) is 0 Å². The first-order valence-electron chi connectivity index (χ1n) is 9.76. The Kier molecular flexibility index (Phi) is 16.0. The molecule has 5 heteroatoms. The second-order valence-electron chi connectivity index (χ2n) is 6.56. The second-order valence-corrected chi connectivity index (χ2v) is 25.6. The maximum absolute atomic E-state index is 11.8. The van der Waals surface area contributed by atoms with Gasteiger partial charge < -0.3 is 0 Å². The van der Waals surface area contributed by atoms with Crippen molar-refractivity contribution in [1.82, 2.24) is 0 Å². The predicted molar refractivity (Wildman–Crippen MR) is 103 cm³/mol. The molecule has 0 rings (SSSR count). The van der Waals surface area contributed by atoms with Crippen LogP contribution in [0.15, 0.2) is 0 Å². The van der Waals surface area contributed by atoms with Crippen LogP contribution in [-0.2, 0) is 9.28 Å². The summed E-state index contributed by atoms with van der Waals surface area (Å²) in [6.07, 6.45) is 9.73. The molecule has 0 saturated heterocycles. The van der Waals surface area contributed by atoms with Crippen LogP contribution < -0.4 is 0 Å². The van der Waals surface area contributed by atoms with Crippen molar-refractivity contribution in [2.24, 2.45) is 0 Å². The third kappa shape index (κ3) is 12.1. The van der Waals surface area contributed by atoms with E-state index >= 15 is 0 Å². The SMILES string of the molecule is CCC[CH2][Sn]([CH2]CCC)[O][Sn]([CH2]CCC)([CH2]CCC)[O]C(C)=O. The molecule has 0 aromatic heterocycles. The van der Waals surface area contributed by atoms with Crippen molar-refractivity contribution < 1.29 is 9.28 Å². The van der Waals surface area contributed by atoms with Crippen molar-refractivity contribution in [3.05, 3.63) is 0 Å². The van der Waals surface area contributed by atoms with E-state index < -0.39 is 39.4 Å². The molecule has 0 amide bonds. The summed E-state index contributed by atoms with van der Waals surface area (Å²) in [6.45, 7) is 10.5. The zero-order valence-electron chi connectivity index (χ0n) is 16.2. The van der Waals surface area contributed by atoms with Gasteiger partial charge in [-0.25, -0.2) is 0 Å². The van der Waals surface area contributed by atoms with Gasteiger partial charge in [0.2, 0.25) is 0 Å². The molecule has 0 N–H and O–H groups in total. The minimum atomic E-state index is -3.20. The molecule has 3 nitrogen and oxygen atoms in total. The molecule has 0 aliphatic rings. The summed E-state index contributed by atoms with van der Waals surface area (Å²) in [5.74, 6) is -0.0956. The normalized spacial score (nSPS) is 11.9. The van der Waals surface area contributed by atoms with Crippen LogP contribution in [0.3, 0.4) is 0 Å². The molecular formula is C18H39O3Sn2. The first-order valence-corrected chi connectivity index (χ1v) is 21.3. The fourth-order valence-electron chi connectivity index (χ4n) is 2.74. The molecule has 23 heavy (non-hydrogen) atoms. The van der Waals surface area contributed by atoms with Crippen molar-refractivity contribution in [3.63, 3.8) is 0 Å². The number of rotatable bonds is 15. The molecule has 0 spiro atoms. The Balaban J connectivity index is 5.07. The Morgan fingerprint density at radius 2 is 1.26 bits per heavy atom. The summed E-state index contributed by atoms with van der Waals surface area (Å²) >= 11 is -5.06. The van der Waals surface area contributed by atoms with Crippen LogP contribution >= 0.6 is 0 Å². The quantitative estimate of drug-likeness (QED) is 0.232. The van der Waals surface area contributed by atoms with Crippen LogP contribution in [0.4, 0.5) is 0 Å². The van der Waals surface area contributed by atoms with E-state index in [1.165, 1.54) is 34.6 Å². The number of unbranched alkanes of at least 4 members (excludes halogenated alkanes) is 4. The topological polar surface area (TPSA) is 35.5 Å². The molecule has 0 unspecified atom stereocenters. The van der Waals surface area contributed by atoms with E-state index in [0.29, 0.717) is 0 Å². The van der Waals surface area contributed by atoms with E-state index in [-0.39, 0.29) is 5.97 Å². The zero-order valence-corrected chi connectivity index (χ0v) is 21.9. The molecule has 137 valence electrons. The summed E-state index contributed by atoms with van der Waals surface area (Å²) in [5.41, 5.74) is 0.